The molecule has 0 bridgehead atoms. The molecule has 3 N–H and O–H groups in total. The number of aromatic nitrogens is 1. The third-order valence-electron chi connectivity index (χ3n) is 7.32. The van der Waals surface area contributed by atoms with Crippen LogP contribution in [0.4, 0.5) is 28.9 Å². The van der Waals surface area contributed by atoms with Gasteiger partial charge in [-0.3, -0.25) is 19.3 Å². The summed E-state index contributed by atoms with van der Waals surface area (Å²) in [5, 5.41) is 2.62. The molecule has 1 fully saturated rings. The van der Waals surface area contributed by atoms with Crippen LogP contribution in [-0.2, 0) is 7.05 Å². The van der Waals surface area contributed by atoms with E-state index in [9.17, 15) is 27.6 Å². The first-order valence-corrected chi connectivity index (χ1v) is 12.5. The SMILES string of the molecule is CC1CN(c2cc(F)c(-c3ccc(F)c(C(N)=O)c3)cc2NC(=O)c2cn(C)c(=O)cc2C(F)F)CC(C)N1C. The van der Waals surface area contributed by atoms with Gasteiger partial charge >= 0.3 is 0 Å². The third kappa shape index (κ3) is 5.57. The van der Waals surface area contributed by atoms with Gasteiger partial charge in [-0.15, -0.1) is 0 Å². The monoisotopic (exact) mass is 559 g/mol. The summed E-state index contributed by atoms with van der Waals surface area (Å²) in [6.07, 6.45) is -2.08. The second-order valence-corrected chi connectivity index (χ2v) is 10.0. The second-order valence-electron chi connectivity index (χ2n) is 10.0. The summed E-state index contributed by atoms with van der Waals surface area (Å²) in [4.78, 5) is 41.0. The van der Waals surface area contributed by atoms with Gasteiger partial charge in [0.1, 0.15) is 11.6 Å². The fraction of sp³-hybridized carbons (Fsp3) is 0.321. The Morgan fingerprint density at radius 3 is 2.23 bits per heavy atom. The van der Waals surface area contributed by atoms with Crippen LogP contribution in [0, 0.1) is 11.6 Å². The molecule has 0 saturated carbocycles. The molecule has 40 heavy (non-hydrogen) atoms. The maximum Gasteiger partial charge on any atom is 0.264 e. The van der Waals surface area contributed by atoms with E-state index in [1.54, 1.807) is 0 Å². The number of nitrogens with zero attached hydrogens (tertiary/aromatic N) is 3. The van der Waals surface area contributed by atoms with E-state index in [2.05, 4.69) is 10.2 Å². The Kier molecular flexibility index (Phi) is 8.01. The van der Waals surface area contributed by atoms with E-state index in [0.717, 1.165) is 22.9 Å². The van der Waals surface area contributed by atoms with E-state index >= 15 is 4.39 Å². The zero-order chi connectivity index (χ0) is 29.5. The summed E-state index contributed by atoms with van der Waals surface area (Å²) in [6, 6.07) is 6.68. The highest BCUT2D eigenvalue weighted by Gasteiger charge is 2.30. The normalized spacial score (nSPS) is 17.8. The van der Waals surface area contributed by atoms with Crippen molar-refractivity contribution in [2.75, 3.05) is 30.4 Å². The molecule has 0 radical (unpaired) electrons. The lowest BCUT2D eigenvalue weighted by atomic mass is 9.99. The van der Waals surface area contributed by atoms with Crippen molar-refractivity contribution in [2.24, 2.45) is 12.8 Å². The first-order valence-electron chi connectivity index (χ1n) is 12.5. The number of amides is 2. The number of halogens is 4. The van der Waals surface area contributed by atoms with E-state index in [-0.39, 0.29) is 28.9 Å². The van der Waals surface area contributed by atoms with Crippen molar-refractivity contribution in [1.82, 2.24) is 9.47 Å². The molecular weight excluding hydrogens is 530 g/mol. The number of alkyl halides is 2. The molecule has 2 amide bonds. The van der Waals surface area contributed by atoms with Crippen LogP contribution in [0.3, 0.4) is 0 Å². The molecule has 8 nitrogen and oxygen atoms in total. The van der Waals surface area contributed by atoms with E-state index in [1.165, 1.54) is 25.2 Å². The Morgan fingerprint density at radius 1 is 0.975 bits per heavy atom. The van der Waals surface area contributed by atoms with Gasteiger partial charge in [0, 0.05) is 55.6 Å². The predicted molar refractivity (Wildman–Crippen MR) is 144 cm³/mol. The van der Waals surface area contributed by atoms with Gasteiger partial charge in [0.25, 0.3) is 23.8 Å². The van der Waals surface area contributed by atoms with E-state index in [0.29, 0.717) is 24.8 Å². The molecule has 1 aliphatic heterocycles. The summed E-state index contributed by atoms with van der Waals surface area (Å²) < 4.78 is 58.2. The summed E-state index contributed by atoms with van der Waals surface area (Å²) in [7, 11) is 3.29. The number of likely N-dealkylation sites (N-methyl/N-ethyl adjacent to an activating group) is 1. The Morgan fingerprint density at radius 2 is 1.62 bits per heavy atom. The van der Waals surface area contributed by atoms with Crippen LogP contribution in [0.5, 0.6) is 0 Å². The van der Waals surface area contributed by atoms with Gasteiger partial charge in [-0.1, -0.05) is 6.07 Å². The quantitative estimate of drug-likeness (QED) is 0.442. The van der Waals surface area contributed by atoms with Crippen LogP contribution in [0.25, 0.3) is 11.1 Å². The summed E-state index contributed by atoms with van der Waals surface area (Å²) in [5.41, 5.74) is 3.38. The van der Waals surface area contributed by atoms with Crippen molar-refractivity contribution in [3.8, 4) is 11.1 Å². The zero-order valence-corrected chi connectivity index (χ0v) is 22.3. The number of carbonyl (C=O) groups is 2. The lowest BCUT2D eigenvalue weighted by Crippen LogP contribution is -2.55. The van der Waals surface area contributed by atoms with E-state index < -0.39 is 52.1 Å². The number of hydrogen-bond acceptors (Lipinski definition) is 5. The van der Waals surface area contributed by atoms with E-state index in [4.69, 9.17) is 5.73 Å². The molecule has 2 heterocycles. The number of nitrogens with one attached hydrogen (secondary N) is 1. The molecule has 1 aromatic heterocycles. The number of pyridine rings is 1. The Labute approximate surface area is 228 Å². The van der Waals surface area contributed by atoms with Crippen molar-refractivity contribution in [2.45, 2.75) is 32.4 Å². The van der Waals surface area contributed by atoms with E-state index in [1.807, 2.05) is 25.8 Å². The van der Waals surface area contributed by atoms with Gasteiger partial charge in [-0.05, 0) is 50.7 Å². The molecule has 0 spiro atoms. The molecule has 2 unspecified atom stereocenters. The topological polar surface area (TPSA) is 101 Å². The summed E-state index contributed by atoms with van der Waals surface area (Å²) >= 11 is 0. The fourth-order valence-electron chi connectivity index (χ4n) is 4.83. The van der Waals surface area contributed by atoms with Crippen LogP contribution < -0.4 is 21.5 Å². The Balaban J connectivity index is 1.86. The van der Waals surface area contributed by atoms with Crippen molar-refractivity contribution in [3.05, 3.63) is 81.3 Å². The Bertz CT molecular complexity index is 1530. The smallest absolute Gasteiger partial charge is 0.264 e. The van der Waals surface area contributed by atoms with Crippen molar-refractivity contribution < 1.29 is 27.2 Å². The molecular formula is C28H29F4N5O3. The molecule has 2 atom stereocenters. The average molecular weight is 560 g/mol. The second kappa shape index (κ2) is 11.1. The zero-order valence-electron chi connectivity index (χ0n) is 22.3. The maximum atomic E-state index is 15.6. The van der Waals surface area contributed by atoms with Gasteiger partial charge in [0.05, 0.1) is 22.5 Å². The highest BCUT2D eigenvalue weighted by atomic mass is 19.3. The number of primary amides is 1. The largest absolute Gasteiger partial charge is 0.367 e. The highest BCUT2D eigenvalue weighted by Crippen LogP contribution is 2.37. The number of aryl methyl sites for hydroxylation is 1. The Hall–Kier alpha value is -4.19. The number of anilines is 2. The molecule has 1 aliphatic rings. The van der Waals surface area contributed by atoms with Gasteiger partial charge in [0.2, 0.25) is 0 Å². The summed E-state index contributed by atoms with van der Waals surface area (Å²) in [5.74, 6) is -3.57. The van der Waals surface area contributed by atoms with Crippen LogP contribution in [-0.4, -0.2) is 53.5 Å². The number of hydrogen-bond donors (Lipinski definition) is 2. The van der Waals surface area contributed by atoms with Crippen LogP contribution in [0.2, 0.25) is 0 Å². The highest BCUT2D eigenvalue weighted by molar-refractivity contribution is 6.07. The van der Waals surface area contributed by atoms with Gasteiger partial charge in [-0.2, -0.15) is 0 Å². The maximum absolute atomic E-state index is 15.6. The first kappa shape index (κ1) is 28.8. The number of piperazine rings is 1. The van der Waals surface area contributed by atoms with Crippen LogP contribution in [0.1, 0.15) is 46.6 Å². The average Bonchev–Trinajstić information content (AvgIpc) is 2.89. The minimum Gasteiger partial charge on any atom is -0.367 e. The minimum atomic E-state index is -3.09. The molecule has 4 rings (SSSR count). The molecule has 212 valence electrons. The molecule has 1 saturated heterocycles. The number of carbonyl (C=O) groups excluding carboxylic acids is 2. The van der Waals surface area contributed by atoms with Crippen LogP contribution >= 0.6 is 0 Å². The first-order chi connectivity index (χ1) is 18.8. The van der Waals surface area contributed by atoms with Crippen molar-refractivity contribution in [1.29, 1.82) is 0 Å². The number of benzene rings is 2. The number of rotatable bonds is 6. The lowest BCUT2D eigenvalue weighted by Gasteiger charge is -2.44. The van der Waals surface area contributed by atoms with Gasteiger partial charge in [0.15, 0.2) is 0 Å². The van der Waals surface area contributed by atoms with Crippen molar-refractivity contribution >= 4 is 23.2 Å². The standard InChI is InChI=1S/C28H29F4N5O3/c1-14-11-37(12-15(2)36(14)4)24-10-22(30)17(16-5-6-21(29)19(7-16)27(33)39)8-23(24)34-28(40)20-13-35(3)25(38)9-18(20)26(31)32/h5-10,13-15,26H,11-12H2,1-4H3,(H2,33,39)(H,34,40). The third-order valence-corrected chi connectivity index (χ3v) is 7.32. The summed E-state index contributed by atoms with van der Waals surface area (Å²) in [6.45, 7) is 4.95. The van der Waals surface area contributed by atoms with Gasteiger partial charge < -0.3 is 20.5 Å². The molecule has 0 aliphatic carbocycles. The van der Waals surface area contributed by atoms with Gasteiger partial charge in [-0.25, -0.2) is 17.6 Å². The minimum absolute atomic E-state index is 0.0688. The van der Waals surface area contributed by atoms with Crippen LogP contribution in [0.15, 0.2) is 47.4 Å². The fourth-order valence-corrected chi connectivity index (χ4v) is 4.83. The molecule has 3 aromatic rings. The lowest BCUT2D eigenvalue weighted by molar-refractivity contribution is 0.0992. The predicted octanol–water partition coefficient (Wildman–Crippen LogP) is 4.15. The van der Waals surface area contributed by atoms with Crippen molar-refractivity contribution in [3.63, 3.8) is 0 Å². The number of nitrogens with two attached hydrogens (primary N) is 1. The molecule has 2 aromatic carbocycles. The molecule has 12 heteroatoms.